The van der Waals surface area contributed by atoms with Crippen LogP contribution >= 0.6 is 0 Å². The molecular formula is C16H23N5O. The number of nitrogens with zero attached hydrogens (tertiary/aromatic N) is 2. The minimum atomic E-state index is -0.0275. The third-order valence-corrected chi connectivity index (χ3v) is 3.47. The van der Waals surface area contributed by atoms with E-state index in [1.54, 1.807) is 7.05 Å². The molecule has 1 aromatic rings. The number of carbonyl (C=O) groups is 1. The molecule has 1 aliphatic rings. The maximum atomic E-state index is 11.3. The van der Waals surface area contributed by atoms with Crippen molar-refractivity contribution in [2.24, 2.45) is 16.0 Å². The van der Waals surface area contributed by atoms with Crippen LogP contribution in [0.15, 0.2) is 34.4 Å². The summed E-state index contributed by atoms with van der Waals surface area (Å²) in [7, 11) is 1.75. The van der Waals surface area contributed by atoms with E-state index in [-0.39, 0.29) is 11.8 Å². The number of guanidine groups is 1. The Balaban J connectivity index is 2.06. The molecular weight excluding hydrogens is 278 g/mol. The molecule has 1 heterocycles. The summed E-state index contributed by atoms with van der Waals surface area (Å²) in [5.41, 5.74) is 5.44. The van der Waals surface area contributed by atoms with Crippen molar-refractivity contribution in [2.45, 2.75) is 26.7 Å². The van der Waals surface area contributed by atoms with Gasteiger partial charge in [0.05, 0.1) is 5.71 Å². The zero-order chi connectivity index (χ0) is 15.9. The summed E-state index contributed by atoms with van der Waals surface area (Å²) >= 11 is 0. The molecule has 1 amide bonds. The lowest BCUT2D eigenvalue weighted by molar-refractivity contribution is -0.121. The number of benzene rings is 1. The fourth-order valence-corrected chi connectivity index (χ4v) is 2.29. The van der Waals surface area contributed by atoms with Crippen LogP contribution in [0.4, 0.5) is 5.69 Å². The summed E-state index contributed by atoms with van der Waals surface area (Å²) in [4.78, 5) is 15.5. The molecule has 118 valence electrons. The quantitative estimate of drug-likeness (QED) is 0.587. The lowest BCUT2D eigenvalue weighted by Gasteiger charge is -2.19. The Morgan fingerprint density at radius 3 is 2.73 bits per heavy atom. The molecule has 0 saturated carbocycles. The second-order valence-corrected chi connectivity index (χ2v) is 5.34. The van der Waals surface area contributed by atoms with Crippen LogP contribution in [0.2, 0.25) is 0 Å². The average molecular weight is 301 g/mol. The summed E-state index contributed by atoms with van der Waals surface area (Å²) < 4.78 is 0. The van der Waals surface area contributed by atoms with E-state index in [9.17, 15) is 4.79 Å². The van der Waals surface area contributed by atoms with Crippen molar-refractivity contribution < 1.29 is 4.79 Å². The number of hydrogen-bond acceptors (Lipinski definition) is 3. The zero-order valence-corrected chi connectivity index (χ0v) is 13.3. The van der Waals surface area contributed by atoms with Crippen molar-refractivity contribution in [1.29, 1.82) is 0 Å². The average Bonchev–Trinajstić information content (AvgIpc) is 2.52. The third kappa shape index (κ3) is 4.07. The highest BCUT2D eigenvalue weighted by atomic mass is 16.2. The number of nitrogens with one attached hydrogen (secondary N) is 3. The summed E-state index contributed by atoms with van der Waals surface area (Å²) in [6, 6.07) is 7.98. The van der Waals surface area contributed by atoms with Gasteiger partial charge in [0.15, 0.2) is 5.96 Å². The van der Waals surface area contributed by atoms with E-state index in [2.05, 4.69) is 33.1 Å². The topological polar surface area (TPSA) is 77.9 Å². The van der Waals surface area contributed by atoms with E-state index >= 15 is 0 Å². The number of aliphatic imine (C=N–C) groups is 1. The monoisotopic (exact) mass is 301 g/mol. The highest BCUT2D eigenvalue weighted by molar-refractivity contribution is 6.06. The minimum absolute atomic E-state index is 0.0275. The van der Waals surface area contributed by atoms with Crippen LogP contribution in [0, 0.1) is 5.92 Å². The molecule has 1 aliphatic heterocycles. The van der Waals surface area contributed by atoms with Crippen LogP contribution in [0.5, 0.6) is 0 Å². The van der Waals surface area contributed by atoms with Crippen LogP contribution < -0.4 is 16.1 Å². The molecule has 0 saturated heterocycles. The molecule has 0 bridgehead atoms. The van der Waals surface area contributed by atoms with Gasteiger partial charge in [-0.25, -0.2) is 5.43 Å². The Labute approximate surface area is 131 Å². The summed E-state index contributed by atoms with van der Waals surface area (Å²) in [5, 5.41) is 10.6. The maximum absolute atomic E-state index is 11.3. The molecule has 1 atom stereocenters. The third-order valence-electron chi connectivity index (χ3n) is 3.47. The van der Waals surface area contributed by atoms with Crippen molar-refractivity contribution in [1.82, 2.24) is 10.7 Å². The Kier molecular flexibility index (Phi) is 5.52. The zero-order valence-electron chi connectivity index (χ0n) is 13.3. The Bertz CT molecular complexity index is 577. The lowest BCUT2D eigenvalue weighted by Crippen LogP contribution is -2.32. The van der Waals surface area contributed by atoms with Crippen LogP contribution in [0.25, 0.3) is 0 Å². The number of hydrazone groups is 1. The van der Waals surface area contributed by atoms with Crippen LogP contribution in [-0.2, 0) is 4.79 Å². The van der Waals surface area contributed by atoms with Gasteiger partial charge in [-0.15, -0.1) is 0 Å². The van der Waals surface area contributed by atoms with E-state index in [4.69, 9.17) is 0 Å². The first-order valence-electron chi connectivity index (χ1n) is 7.58. The van der Waals surface area contributed by atoms with Gasteiger partial charge in [-0.2, -0.15) is 5.10 Å². The molecule has 22 heavy (non-hydrogen) atoms. The first-order valence-corrected chi connectivity index (χ1v) is 7.58. The van der Waals surface area contributed by atoms with Gasteiger partial charge in [0.1, 0.15) is 0 Å². The number of rotatable bonds is 4. The molecule has 0 spiro atoms. The largest absolute Gasteiger partial charge is 0.356 e. The van der Waals surface area contributed by atoms with Gasteiger partial charge >= 0.3 is 0 Å². The van der Waals surface area contributed by atoms with Crippen molar-refractivity contribution >= 4 is 23.3 Å². The van der Waals surface area contributed by atoms with Gasteiger partial charge < -0.3 is 10.6 Å². The molecule has 3 N–H and O–H groups in total. The normalized spacial score (nSPS) is 18.5. The van der Waals surface area contributed by atoms with Gasteiger partial charge in [0.2, 0.25) is 5.91 Å². The number of amides is 1. The number of hydrogen-bond donors (Lipinski definition) is 3. The molecule has 1 aromatic carbocycles. The second-order valence-electron chi connectivity index (χ2n) is 5.34. The van der Waals surface area contributed by atoms with Crippen LogP contribution in [0.1, 0.15) is 32.3 Å². The Hall–Kier alpha value is -2.37. The van der Waals surface area contributed by atoms with E-state index in [1.807, 2.05) is 31.2 Å². The molecule has 0 aliphatic carbocycles. The summed E-state index contributed by atoms with van der Waals surface area (Å²) in [6.45, 7) is 5.01. The van der Waals surface area contributed by atoms with Crippen LogP contribution in [0.3, 0.4) is 0 Å². The number of carbonyl (C=O) groups excluding carboxylic acids is 1. The van der Waals surface area contributed by atoms with E-state index in [1.165, 1.54) is 0 Å². The molecule has 0 fully saturated rings. The predicted octanol–water partition coefficient (Wildman–Crippen LogP) is 1.94. The van der Waals surface area contributed by atoms with E-state index < -0.39 is 0 Å². The highest BCUT2D eigenvalue weighted by Crippen LogP contribution is 2.18. The number of anilines is 1. The van der Waals surface area contributed by atoms with Crippen molar-refractivity contribution in [3.63, 3.8) is 0 Å². The van der Waals surface area contributed by atoms with Crippen molar-refractivity contribution in [2.75, 3.05) is 18.9 Å². The van der Waals surface area contributed by atoms with Gasteiger partial charge in [-0.1, -0.05) is 26.0 Å². The summed E-state index contributed by atoms with van der Waals surface area (Å²) in [6.07, 6.45) is 1.52. The van der Waals surface area contributed by atoms with Crippen molar-refractivity contribution in [3.05, 3.63) is 29.8 Å². The first kappa shape index (κ1) is 16.0. The fraction of sp³-hybridized carbons (Fsp3) is 0.438. The first-order chi connectivity index (χ1) is 10.6. The van der Waals surface area contributed by atoms with E-state index in [0.29, 0.717) is 6.42 Å². The second kappa shape index (κ2) is 7.59. The molecule has 0 radical (unpaired) electrons. The Morgan fingerprint density at radius 1 is 1.41 bits per heavy atom. The Morgan fingerprint density at radius 2 is 2.14 bits per heavy atom. The van der Waals surface area contributed by atoms with E-state index in [0.717, 1.165) is 35.9 Å². The van der Waals surface area contributed by atoms with Gasteiger partial charge in [-0.3, -0.25) is 9.79 Å². The van der Waals surface area contributed by atoms with Crippen LogP contribution in [-0.4, -0.2) is 31.2 Å². The molecule has 6 nitrogen and oxygen atoms in total. The molecule has 2 rings (SSSR count). The van der Waals surface area contributed by atoms with Crippen molar-refractivity contribution in [3.8, 4) is 0 Å². The standard InChI is InChI=1S/C16H23N5O/c1-4-9-18-16(17-3)19-13-7-5-12(6-8-13)15-11(2)10-14(22)20-21-15/h5-8,11H,4,9-10H2,1-3H3,(H,20,22)(H2,17,18,19). The molecule has 1 unspecified atom stereocenters. The smallest absolute Gasteiger partial charge is 0.240 e. The predicted molar refractivity (Wildman–Crippen MR) is 90.2 cm³/mol. The van der Waals surface area contributed by atoms with Gasteiger partial charge in [0, 0.05) is 31.6 Å². The van der Waals surface area contributed by atoms with Gasteiger partial charge in [0.25, 0.3) is 0 Å². The summed E-state index contributed by atoms with van der Waals surface area (Å²) in [5.74, 6) is 0.858. The molecule has 6 heteroatoms. The van der Waals surface area contributed by atoms with Gasteiger partial charge in [-0.05, 0) is 24.1 Å². The fourth-order valence-electron chi connectivity index (χ4n) is 2.29. The lowest BCUT2D eigenvalue weighted by atomic mass is 9.94. The SMILES string of the molecule is CCCNC(=NC)Nc1ccc(C2=NNC(=O)CC2C)cc1. The maximum Gasteiger partial charge on any atom is 0.240 e. The minimum Gasteiger partial charge on any atom is -0.356 e. The molecule has 0 aromatic heterocycles. The highest BCUT2D eigenvalue weighted by Gasteiger charge is 2.21.